The molecule has 1 N–H and O–H groups in total. The van der Waals surface area contributed by atoms with Gasteiger partial charge in [-0.25, -0.2) is 13.4 Å². The highest BCUT2D eigenvalue weighted by atomic mass is 79.9. The first-order valence-electron chi connectivity index (χ1n) is 7.17. The first-order chi connectivity index (χ1) is 11.3. The molecule has 0 unspecified atom stereocenters. The van der Waals surface area contributed by atoms with Gasteiger partial charge in [0.2, 0.25) is 0 Å². The second-order valence-corrected chi connectivity index (χ2v) is 8.98. The zero-order valence-corrected chi connectivity index (χ0v) is 16.3. The molecule has 0 spiro atoms. The maximum atomic E-state index is 12.8. The number of hydrogen-bond acceptors (Lipinski definition) is 4. The summed E-state index contributed by atoms with van der Waals surface area (Å²) in [5, 5.41) is 2.88. The quantitative estimate of drug-likeness (QED) is 0.643. The minimum absolute atomic E-state index is 0.255. The Morgan fingerprint density at radius 1 is 1.12 bits per heavy atom. The zero-order valence-electron chi connectivity index (χ0n) is 13.1. The van der Waals surface area contributed by atoms with Crippen molar-refractivity contribution in [2.75, 3.05) is 4.72 Å². The van der Waals surface area contributed by atoms with Gasteiger partial charge in [0.1, 0.15) is 0 Å². The number of nitrogens with zero attached hydrogens (tertiary/aromatic N) is 1. The van der Waals surface area contributed by atoms with Crippen molar-refractivity contribution in [3.8, 4) is 11.3 Å². The maximum Gasteiger partial charge on any atom is 0.262 e. The van der Waals surface area contributed by atoms with Crippen LogP contribution in [0, 0.1) is 13.8 Å². The van der Waals surface area contributed by atoms with E-state index in [2.05, 4.69) is 25.6 Å². The molecule has 0 atom stereocenters. The molecule has 2 aromatic carbocycles. The topological polar surface area (TPSA) is 59.1 Å². The number of aryl methyl sites for hydroxylation is 2. The summed E-state index contributed by atoms with van der Waals surface area (Å²) >= 11 is 4.88. The SMILES string of the molecule is Cc1nc(-c2ccc(C)c(S(=O)(=O)Nc3cccc(Br)c3)c2)cs1. The molecular formula is C17H15BrN2O2S2. The van der Waals surface area contributed by atoms with E-state index < -0.39 is 10.0 Å². The van der Waals surface area contributed by atoms with Crippen LogP contribution in [0.25, 0.3) is 11.3 Å². The Morgan fingerprint density at radius 2 is 1.92 bits per heavy atom. The summed E-state index contributed by atoms with van der Waals surface area (Å²) in [7, 11) is -3.68. The number of sulfonamides is 1. The number of hydrogen-bond donors (Lipinski definition) is 1. The largest absolute Gasteiger partial charge is 0.280 e. The third-order valence-electron chi connectivity index (χ3n) is 3.47. The van der Waals surface area contributed by atoms with Crippen LogP contribution in [-0.4, -0.2) is 13.4 Å². The first kappa shape index (κ1) is 17.1. The summed E-state index contributed by atoms with van der Waals surface area (Å²) in [6.07, 6.45) is 0. The van der Waals surface area contributed by atoms with Gasteiger partial charge in [-0.3, -0.25) is 4.72 Å². The molecule has 0 bridgehead atoms. The van der Waals surface area contributed by atoms with E-state index in [1.807, 2.05) is 24.4 Å². The summed E-state index contributed by atoms with van der Waals surface area (Å²) in [5.41, 5.74) is 2.78. The molecule has 0 fully saturated rings. The van der Waals surface area contributed by atoms with E-state index in [0.29, 0.717) is 11.3 Å². The van der Waals surface area contributed by atoms with Crippen molar-refractivity contribution in [1.82, 2.24) is 4.98 Å². The average molecular weight is 423 g/mol. The van der Waals surface area contributed by atoms with Crippen molar-refractivity contribution in [3.05, 3.63) is 62.9 Å². The van der Waals surface area contributed by atoms with Crippen molar-refractivity contribution in [2.45, 2.75) is 18.7 Å². The van der Waals surface area contributed by atoms with Crippen LogP contribution in [0.5, 0.6) is 0 Å². The van der Waals surface area contributed by atoms with Crippen LogP contribution in [0.3, 0.4) is 0 Å². The van der Waals surface area contributed by atoms with Gasteiger partial charge in [0.05, 0.1) is 15.6 Å². The number of anilines is 1. The molecule has 124 valence electrons. The van der Waals surface area contributed by atoms with Gasteiger partial charge in [0.25, 0.3) is 10.0 Å². The first-order valence-corrected chi connectivity index (χ1v) is 10.3. The van der Waals surface area contributed by atoms with Crippen molar-refractivity contribution in [1.29, 1.82) is 0 Å². The van der Waals surface area contributed by atoms with E-state index in [1.165, 1.54) is 11.3 Å². The fraction of sp³-hybridized carbons (Fsp3) is 0.118. The van der Waals surface area contributed by atoms with E-state index in [0.717, 1.165) is 20.7 Å². The van der Waals surface area contributed by atoms with E-state index in [9.17, 15) is 8.42 Å². The molecule has 7 heteroatoms. The molecule has 0 radical (unpaired) electrons. The molecule has 1 heterocycles. The number of aromatic nitrogens is 1. The van der Waals surface area contributed by atoms with Gasteiger partial charge in [-0.05, 0) is 43.7 Å². The van der Waals surface area contributed by atoms with Crippen molar-refractivity contribution in [2.24, 2.45) is 0 Å². The number of rotatable bonds is 4. The molecule has 0 amide bonds. The molecule has 3 rings (SSSR count). The Labute approximate surface area is 153 Å². The van der Waals surface area contributed by atoms with Gasteiger partial charge >= 0.3 is 0 Å². The number of thiazole rings is 1. The summed E-state index contributed by atoms with van der Waals surface area (Å²) < 4.78 is 29.0. The molecule has 3 aromatic rings. The van der Waals surface area contributed by atoms with Crippen molar-refractivity contribution in [3.63, 3.8) is 0 Å². The van der Waals surface area contributed by atoms with E-state index >= 15 is 0 Å². The van der Waals surface area contributed by atoms with E-state index in [-0.39, 0.29) is 4.90 Å². The smallest absolute Gasteiger partial charge is 0.262 e. The summed E-state index contributed by atoms with van der Waals surface area (Å²) in [4.78, 5) is 4.68. The number of nitrogens with one attached hydrogen (secondary N) is 1. The lowest BCUT2D eigenvalue weighted by Crippen LogP contribution is -2.14. The highest BCUT2D eigenvalue weighted by Crippen LogP contribution is 2.28. The fourth-order valence-corrected chi connectivity index (χ4v) is 4.65. The zero-order chi connectivity index (χ0) is 17.3. The Hall–Kier alpha value is -1.70. The fourth-order valence-electron chi connectivity index (χ4n) is 2.31. The summed E-state index contributed by atoms with van der Waals surface area (Å²) in [6, 6.07) is 12.4. The van der Waals surface area contributed by atoms with Crippen LogP contribution >= 0.6 is 27.3 Å². The Balaban J connectivity index is 2.01. The molecule has 4 nitrogen and oxygen atoms in total. The molecule has 24 heavy (non-hydrogen) atoms. The van der Waals surface area contributed by atoms with Crippen molar-refractivity contribution >= 4 is 43.0 Å². The predicted molar refractivity (Wildman–Crippen MR) is 102 cm³/mol. The molecule has 0 saturated carbocycles. The highest BCUT2D eigenvalue weighted by Gasteiger charge is 2.18. The third-order valence-corrected chi connectivity index (χ3v) is 6.26. The minimum atomic E-state index is -3.68. The van der Waals surface area contributed by atoms with Crippen LogP contribution in [0.4, 0.5) is 5.69 Å². The number of halogens is 1. The lowest BCUT2D eigenvalue weighted by molar-refractivity contribution is 0.600. The van der Waals surface area contributed by atoms with E-state index in [4.69, 9.17) is 0 Å². The normalized spacial score (nSPS) is 11.5. The van der Waals surface area contributed by atoms with Gasteiger partial charge < -0.3 is 0 Å². The monoisotopic (exact) mass is 422 g/mol. The lowest BCUT2D eigenvalue weighted by atomic mass is 10.1. The molecular weight excluding hydrogens is 408 g/mol. The van der Waals surface area contributed by atoms with Crippen LogP contribution in [0.2, 0.25) is 0 Å². The van der Waals surface area contributed by atoms with Gasteiger partial charge in [-0.15, -0.1) is 11.3 Å². The summed E-state index contributed by atoms with van der Waals surface area (Å²) in [6.45, 7) is 3.71. The van der Waals surface area contributed by atoms with Gasteiger partial charge in [0.15, 0.2) is 0 Å². The van der Waals surface area contributed by atoms with Gasteiger partial charge in [-0.1, -0.05) is 34.1 Å². The Morgan fingerprint density at radius 3 is 2.58 bits per heavy atom. The molecule has 0 aliphatic rings. The number of benzene rings is 2. The molecule has 0 aliphatic heterocycles. The van der Waals surface area contributed by atoms with Crippen molar-refractivity contribution < 1.29 is 8.42 Å². The predicted octanol–water partition coefficient (Wildman–Crippen LogP) is 4.99. The van der Waals surface area contributed by atoms with Crippen LogP contribution in [-0.2, 0) is 10.0 Å². The Kier molecular flexibility index (Phi) is 4.76. The van der Waals surface area contributed by atoms with Gasteiger partial charge in [0, 0.05) is 21.1 Å². The van der Waals surface area contributed by atoms with Gasteiger partial charge in [-0.2, -0.15) is 0 Å². The van der Waals surface area contributed by atoms with E-state index in [1.54, 1.807) is 37.3 Å². The average Bonchev–Trinajstić information content (AvgIpc) is 2.93. The lowest BCUT2D eigenvalue weighted by Gasteiger charge is -2.12. The standard InChI is InChI=1S/C17H15BrN2O2S2/c1-11-6-7-13(16-10-23-12(2)19-16)8-17(11)24(21,22)20-15-5-3-4-14(18)9-15/h3-10,20H,1-2H3. The third kappa shape index (κ3) is 3.68. The molecule has 0 aliphatic carbocycles. The second kappa shape index (κ2) is 6.66. The second-order valence-electron chi connectivity index (χ2n) is 5.35. The molecule has 0 saturated heterocycles. The van der Waals surface area contributed by atoms with Crippen LogP contribution < -0.4 is 4.72 Å². The highest BCUT2D eigenvalue weighted by molar-refractivity contribution is 9.10. The molecule has 1 aromatic heterocycles. The minimum Gasteiger partial charge on any atom is -0.280 e. The van der Waals surface area contributed by atoms with Crippen LogP contribution in [0.1, 0.15) is 10.6 Å². The summed E-state index contributed by atoms with van der Waals surface area (Å²) in [5.74, 6) is 0. The van der Waals surface area contributed by atoms with Crippen LogP contribution in [0.15, 0.2) is 57.2 Å². The Bertz CT molecular complexity index is 997. The maximum absolute atomic E-state index is 12.8.